The van der Waals surface area contributed by atoms with Gasteiger partial charge in [0.25, 0.3) is 0 Å². The molecule has 2 aromatic rings. The first-order valence-electron chi connectivity index (χ1n) is 6.69. The number of nitrogens with two attached hydrogens (primary N) is 1. The van der Waals surface area contributed by atoms with Gasteiger partial charge in [0.2, 0.25) is 0 Å². The summed E-state index contributed by atoms with van der Waals surface area (Å²) in [6.45, 7) is 8.54. The van der Waals surface area contributed by atoms with E-state index in [9.17, 15) is 0 Å². The van der Waals surface area contributed by atoms with Gasteiger partial charge in [0.15, 0.2) is 5.82 Å². The lowest BCUT2D eigenvalue weighted by molar-refractivity contribution is 0.333. The van der Waals surface area contributed by atoms with E-state index in [1.165, 1.54) is 0 Å². The van der Waals surface area contributed by atoms with Gasteiger partial charge in [0, 0.05) is 11.3 Å². The van der Waals surface area contributed by atoms with Crippen molar-refractivity contribution in [3.8, 4) is 11.4 Å². The molecule has 1 atom stereocenters. The van der Waals surface area contributed by atoms with E-state index >= 15 is 0 Å². The molecule has 102 valence electrons. The predicted molar refractivity (Wildman–Crippen MR) is 76.6 cm³/mol. The summed E-state index contributed by atoms with van der Waals surface area (Å²) >= 11 is 0. The number of benzene rings is 1. The first-order valence-corrected chi connectivity index (χ1v) is 6.69. The van der Waals surface area contributed by atoms with Crippen molar-refractivity contribution in [2.24, 2.45) is 5.92 Å². The summed E-state index contributed by atoms with van der Waals surface area (Å²) in [4.78, 5) is 0. The molecular formula is C14H21N5. The molecule has 0 amide bonds. The summed E-state index contributed by atoms with van der Waals surface area (Å²) in [5.74, 6) is 1.23. The van der Waals surface area contributed by atoms with Crippen molar-refractivity contribution in [2.45, 2.75) is 40.2 Å². The molecule has 1 unspecified atom stereocenters. The van der Waals surface area contributed by atoms with E-state index in [0.29, 0.717) is 5.92 Å². The monoisotopic (exact) mass is 259 g/mol. The molecule has 0 fully saturated rings. The van der Waals surface area contributed by atoms with E-state index in [1.807, 2.05) is 29.8 Å². The quantitative estimate of drug-likeness (QED) is 0.857. The van der Waals surface area contributed by atoms with Crippen LogP contribution in [0.4, 0.5) is 5.69 Å². The molecule has 5 nitrogen and oxygen atoms in total. The lowest BCUT2D eigenvalue weighted by Gasteiger charge is -2.21. The average Bonchev–Trinajstić information content (AvgIpc) is 2.78. The second-order valence-electron chi connectivity index (χ2n) is 5.21. The molecule has 19 heavy (non-hydrogen) atoms. The number of aryl methyl sites for hydroxylation is 1. The highest BCUT2D eigenvalue weighted by atomic mass is 15.5. The van der Waals surface area contributed by atoms with Crippen molar-refractivity contribution in [3.63, 3.8) is 0 Å². The van der Waals surface area contributed by atoms with Crippen molar-refractivity contribution < 1.29 is 0 Å². The number of anilines is 1. The molecule has 0 aliphatic heterocycles. The predicted octanol–water partition coefficient (Wildman–Crippen LogP) is 2.84. The van der Waals surface area contributed by atoms with E-state index in [0.717, 1.165) is 29.1 Å². The van der Waals surface area contributed by atoms with E-state index in [1.54, 1.807) is 0 Å². The lowest BCUT2D eigenvalue weighted by Crippen LogP contribution is -2.17. The maximum Gasteiger partial charge on any atom is 0.184 e. The maximum absolute atomic E-state index is 6.09. The van der Waals surface area contributed by atoms with Gasteiger partial charge in [0.05, 0.1) is 6.04 Å². The molecule has 2 rings (SSSR count). The summed E-state index contributed by atoms with van der Waals surface area (Å²) in [6.07, 6.45) is 0.988. The second kappa shape index (κ2) is 5.38. The Morgan fingerprint density at radius 1 is 1.32 bits per heavy atom. The fourth-order valence-corrected chi connectivity index (χ4v) is 2.50. The molecule has 0 saturated carbocycles. The molecule has 0 radical (unpaired) electrons. The SMILES string of the molecule is CCC(C(C)C)n1nnnc1-c1c(C)cccc1N. The van der Waals surface area contributed by atoms with Gasteiger partial charge in [0.1, 0.15) is 0 Å². The summed E-state index contributed by atoms with van der Waals surface area (Å²) in [5.41, 5.74) is 8.84. The van der Waals surface area contributed by atoms with E-state index in [2.05, 4.69) is 36.3 Å². The van der Waals surface area contributed by atoms with Crippen molar-refractivity contribution in [1.82, 2.24) is 20.2 Å². The van der Waals surface area contributed by atoms with E-state index in [-0.39, 0.29) is 6.04 Å². The second-order valence-corrected chi connectivity index (χ2v) is 5.21. The van der Waals surface area contributed by atoms with E-state index < -0.39 is 0 Å². The minimum Gasteiger partial charge on any atom is -0.398 e. The van der Waals surface area contributed by atoms with Crippen LogP contribution >= 0.6 is 0 Å². The molecule has 1 heterocycles. The van der Waals surface area contributed by atoms with Crippen LogP contribution in [-0.2, 0) is 0 Å². The molecule has 0 bridgehead atoms. The zero-order valence-corrected chi connectivity index (χ0v) is 12.0. The van der Waals surface area contributed by atoms with Crippen molar-refractivity contribution >= 4 is 5.69 Å². The van der Waals surface area contributed by atoms with Crippen LogP contribution in [0.15, 0.2) is 18.2 Å². The number of aromatic nitrogens is 4. The van der Waals surface area contributed by atoms with E-state index in [4.69, 9.17) is 5.73 Å². The highest BCUT2D eigenvalue weighted by Crippen LogP contribution is 2.31. The van der Waals surface area contributed by atoms with Gasteiger partial charge in [-0.2, -0.15) is 0 Å². The largest absolute Gasteiger partial charge is 0.398 e. The normalized spacial score (nSPS) is 12.9. The molecular weight excluding hydrogens is 238 g/mol. The van der Waals surface area contributed by atoms with Crippen LogP contribution in [0.1, 0.15) is 38.8 Å². The fraction of sp³-hybridized carbons (Fsp3) is 0.500. The Kier molecular flexibility index (Phi) is 3.83. The van der Waals surface area contributed by atoms with Crippen LogP contribution in [0, 0.1) is 12.8 Å². The highest BCUT2D eigenvalue weighted by Gasteiger charge is 2.22. The summed E-state index contributed by atoms with van der Waals surface area (Å²) in [7, 11) is 0. The molecule has 0 spiro atoms. The Bertz CT molecular complexity index is 538. The van der Waals surface area contributed by atoms with Crippen molar-refractivity contribution in [2.75, 3.05) is 5.73 Å². The number of hydrogen-bond acceptors (Lipinski definition) is 4. The summed E-state index contributed by atoms with van der Waals surface area (Å²) in [5, 5.41) is 12.2. The molecule has 0 saturated heterocycles. The first kappa shape index (κ1) is 13.5. The third kappa shape index (κ3) is 2.45. The minimum absolute atomic E-state index is 0.281. The van der Waals surface area contributed by atoms with Crippen LogP contribution in [0.3, 0.4) is 0 Å². The molecule has 0 aliphatic carbocycles. The molecule has 0 aliphatic rings. The molecule has 1 aromatic carbocycles. The van der Waals surface area contributed by atoms with Crippen LogP contribution in [0.25, 0.3) is 11.4 Å². The molecule has 1 aromatic heterocycles. The standard InChI is InChI=1S/C14H21N5/c1-5-12(9(2)3)19-14(16-17-18-19)13-10(4)7-6-8-11(13)15/h6-9,12H,5,15H2,1-4H3. The van der Waals surface area contributed by atoms with Crippen LogP contribution in [0.2, 0.25) is 0 Å². The minimum atomic E-state index is 0.281. The Hall–Kier alpha value is -1.91. The zero-order valence-electron chi connectivity index (χ0n) is 12.0. The maximum atomic E-state index is 6.09. The van der Waals surface area contributed by atoms with Crippen LogP contribution in [-0.4, -0.2) is 20.2 Å². The van der Waals surface area contributed by atoms with Gasteiger partial charge < -0.3 is 5.73 Å². The van der Waals surface area contributed by atoms with Gasteiger partial charge in [-0.15, -0.1) is 5.10 Å². The number of nitrogen functional groups attached to an aromatic ring is 1. The highest BCUT2D eigenvalue weighted by molar-refractivity contribution is 5.74. The topological polar surface area (TPSA) is 69.6 Å². The van der Waals surface area contributed by atoms with Gasteiger partial charge in [-0.1, -0.05) is 32.9 Å². The third-order valence-corrected chi connectivity index (χ3v) is 3.52. The third-order valence-electron chi connectivity index (χ3n) is 3.52. The lowest BCUT2D eigenvalue weighted by atomic mass is 10.0. The molecule has 5 heteroatoms. The summed E-state index contributed by atoms with van der Waals surface area (Å²) in [6, 6.07) is 6.14. The Morgan fingerprint density at radius 2 is 2.05 bits per heavy atom. The Morgan fingerprint density at radius 3 is 2.63 bits per heavy atom. The van der Waals surface area contributed by atoms with Gasteiger partial charge in [-0.05, 0) is 41.3 Å². The smallest absolute Gasteiger partial charge is 0.184 e. The van der Waals surface area contributed by atoms with Crippen molar-refractivity contribution in [3.05, 3.63) is 23.8 Å². The first-order chi connectivity index (χ1) is 9.06. The number of tetrazole rings is 1. The van der Waals surface area contributed by atoms with Crippen LogP contribution in [0.5, 0.6) is 0 Å². The Balaban J connectivity index is 2.56. The number of hydrogen-bond donors (Lipinski definition) is 1. The van der Waals surface area contributed by atoms with Gasteiger partial charge in [-0.3, -0.25) is 0 Å². The fourth-order valence-electron chi connectivity index (χ4n) is 2.50. The van der Waals surface area contributed by atoms with Crippen LogP contribution < -0.4 is 5.73 Å². The average molecular weight is 259 g/mol. The number of nitrogens with zero attached hydrogens (tertiary/aromatic N) is 4. The zero-order chi connectivity index (χ0) is 14.0. The van der Waals surface area contributed by atoms with Gasteiger partial charge >= 0.3 is 0 Å². The summed E-state index contributed by atoms with van der Waals surface area (Å²) < 4.78 is 1.91. The Labute approximate surface area is 113 Å². The number of rotatable bonds is 4. The van der Waals surface area contributed by atoms with Crippen molar-refractivity contribution in [1.29, 1.82) is 0 Å². The molecule has 2 N–H and O–H groups in total. The van der Waals surface area contributed by atoms with Gasteiger partial charge in [-0.25, -0.2) is 4.68 Å².